The number of nitrogens with one attached hydrogen (secondary N) is 1. The van der Waals surface area contributed by atoms with Crippen molar-refractivity contribution in [2.75, 3.05) is 13.1 Å². The molecular weight excluding hydrogens is 424 g/mol. The molecule has 1 aliphatic heterocycles. The molecule has 1 aliphatic carbocycles. The van der Waals surface area contributed by atoms with Gasteiger partial charge in [0.25, 0.3) is 0 Å². The quantitative estimate of drug-likeness (QED) is 0.440. The van der Waals surface area contributed by atoms with E-state index in [9.17, 15) is 4.79 Å². The number of aliphatic imine (C=N–C) groups is 1. The molecule has 1 saturated carbocycles. The minimum Gasteiger partial charge on any atom is -0.356 e. The van der Waals surface area contributed by atoms with E-state index in [1.54, 1.807) is 0 Å². The van der Waals surface area contributed by atoms with E-state index in [1.807, 2.05) is 24.3 Å². The average molecular weight is 457 g/mol. The molecule has 0 unspecified atom stereocenters. The van der Waals surface area contributed by atoms with Crippen LogP contribution in [0.25, 0.3) is 22.5 Å². The van der Waals surface area contributed by atoms with Crippen molar-refractivity contribution in [1.82, 2.24) is 15.0 Å². The Hall–Kier alpha value is -3.41. The fourth-order valence-electron chi connectivity index (χ4n) is 4.66. The molecular formula is C28H32N4O2. The lowest BCUT2D eigenvalue weighted by Gasteiger charge is -2.31. The summed E-state index contributed by atoms with van der Waals surface area (Å²) in [5, 5.41) is 3.87. The Bertz CT molecular complexity index is 1260. The first-order valence-corrected chi connectivity index (χ1v) is 12.4. The molecule has 3 aromatic rings. The highest BCUT2D eigenvalue weighted by atomic mass is 16.5. The van der Waals surface area contributed by atoms with Gasteiger partial charge in [-0.1, -0.05) is 67.0 Å². The molecule has 0 amide bonds. The predicted molar refractivity (Wildman–Crippen MR) is 136 cm³/mol. The Morgan fingerprint density at radius 2 is 1.85 bits per heavy atom. The molecule has 1 fully saturated rings. The summed E-state index contributed by atoms with van der Waals surface area (Å²) >= 11 is 0. The Morgan fingerprint density at radius 1 is 1.09 bits per heavy atom. The van der Waals surface area contributed by atoms with Crippen molar-refractivity contribution in [2.24, 2.45) is 10.9 Å². The number of nitrogens with zero attached hydrogens (tertiary/aromatic N) is 3. The van der Waals surface area contributed by atoms with Crippen molar-refractivity contribution < 1.29 is 4.52 Å². The summed E-state index contributed by atoms with van der Waals surface area (Å²) in [5.74, 6) is 1.93. The molecule has 0 saturated heterocycles. The summed E-state index contributed by atoms with van der Waals surface area (Å²) < 4.78 is 4.71. The lowest BCUT2D eigenvalue weighted by Crippen LogP contribution is -2.36. The van der Waals surface area contributed by atoms with Crippen LogP contribution < -0.4 is 5.76 Å². The topological polar surface area (TPSA) is 74.5 Å². The first-order chi connectivity index (χ1) is 16.6. The van der Waals surface area contributed by atoms with E-state index < -0.39 is 5.76 Å². The summed E-state index contributed by atoms with van der Waals surface area (Å²) in [4.78, 5) is 21.6. The van der Waals surface area contributed by atoms with Crippen molar-refractivity contribution in [3.8, 4) is 22.5 Å². The number of rotatable bonds is 9. The molecule has 1 aromatic heterocycles. The van der Waals surface area contributed by atoms with Crippen molar-refractivity contribution in [2.45, 2.75) is 52.4 Å². The summed E-state index contributed by atoms with van der Waals surface area (Å²) in [6, 6.07) is 16.6. The van der Waals surface area contributed by atoms with Crippen LogP contribution in [0.4, 0.5) is 0 Å². The molecule has 6 heteroatoms. The zero-order chi connectivity index (χ0) is 23.5. The SMILES string of the molecule is CCCCC1=C(Cc2ccc(-c3ccccc3-c3noc(=O)[nH]3)cc2)CN(CC2CC2)C(C)=N1. The van der Waals surface area contributed by atoms with E-state index >= 15 is 0 Å². The number of hydrogen-bond donors (Lipinski definition) is 1. The maximum atomic E-state index is 11.4. The van der Waals surface area contributed by atoms with Crippen molar-refractivity contribution >= 4 is 5.84 Å². The molecule has 0 radical (unpaired) electrons. The van der Waals surface area contributed by atoms with Crippen LogP contribution in [-0.2, 0) is 6.42 Å². The highest BCUT2D eigenvalue weighted by Gasteiger charge is 2.27. The monoisotopic (exact) mass is 456 g/mol. The minimum atomic E-state index is -0.548. The van der Waals surface area contributed by atoms with Gasteiger partial charge in [-0.3, -0.25) is 9.51 Å². The van der Waals surface area contributed by atoms with E-state index in [0.717, 1.165) is 48.5 Å². The number of benzene rings is 2. The van der Waals surface area contributed by atoms with Gasteiger partial charge >= 0.3 is 5.76 Å². The summed E-state index contributed by atoms with van der Waals surface area (Å²) in [6.07, 6.45) is 7.06. The molecule has 0 spiro atoms. The van der Waals surface area contributed by atoms with Gasteiger partial charge in [0.1, 0.15) is 5.84 Å². The minimum absolute atomic E-state index is 0.446. The fourth-order valence-corrected chi connectivity index (χ4v) is 4.66. The largest absolute Gasteiger partial charge is 0.439 e. The standard InChI is InChI=1S/C28H32N4O2/c1-3-4-9-26-23(18-32(19(2)29-26)17-21-10-11-21)16-20-12-14-22(15-13-20)24-7-5-6-8-25(24)27-30-28(33)34-31-27/h5-8,12-15,21H,3-4,9-11,16-18H2,1-2H3,(H,30,31,33). The Balaban J connectivity index is 1.38. The third-order valence-electron chi connectivity index (χ3n) is 6.79. The Labute approximate surface area is 200 Å². The van der Waals surface area contributed by atoms with Crippen molar-refractivity contribution in [3.63, 3.8) is 0 Å². The van der Waals surface area contributed by atoms with E-state index in [2.05, 4.69) is 53.2 Å². The number of H-pyrrole nitrogens is 1. The third kappa shape index (κ3) is 5.06. The zero-order valence-electron chi connectivity index (χ0n) is 20.0. The lowest BCUT2D eigenvalue weighted by molar-refractivity contribution is 0.388. The van der Waals surface area contributed by atoms with E-state index in [1.165, 1.54) is 48.4 Å². The summed E-state index contributed by atoms with van der Waals surface area (Å²) in [5.41, 5.74) is 6.97. The molecule has 0 atom stereocenters. The van der Waals surface area contributed by atoms with Crippen LogP contribution in [0.15, 0.2) is 74.1 Å². The molecule has 5 rings (SSSR count). The molecule has 0 bridgehead atoms. The Kier molecular flexibility index (Phi) is 6.48. The van der Waals surface area contributed by atoms with Gasteiger partial charge in [-0.05, 0) is 67.2 Å². The second-order valence-corrected chi connectivity index (χ2v) is 9.50. The average Bonchev–Trinajstić information content (AvgIpc) is 3.57. The van der Waals surface area contributed by atoms with Gasteiger partial charge in [-0.15, -0.1) is 0 Å². The maximum Gasteiger partial charge on any atom is 0.439 e. The second kappa shape index (κ2) is 9.84. The number of aromatic amines is 1. The van der Waals surface area contributed by atoms with Crippen molar-refractivity contribution in [3.05, 3.63) is 75.9 Å². The summed E-state index contributed by atoms with van der Waals surface area (Å²) in [6.45, 7) is 6.54. The molecule has 2 heterocycles. The van der Waals surface area contributed by atoms with Crippen LogP contribution in [0.2, 0.25) is 0 Å². The van der Waals surface area contributed by atoms with E-state index in [0.29, 0.717) is 5.82 Å². The highest BCUT2D eigenvalue weighted by molar-refractivity contribution is 5.82. The van der Waals surface area contributed by atoms with Crippen LogP contribution >= 0.6 is 0 Å². The molecule has 34 heavy (non-hydrogen) atoms. The number of aromatic nitrogens is 2. The lowest BCUT2D eigenvalue weighted by atomic mass is 9.95. The number of amidine groups is 1. The van der Waals surface area contributed by atoms with Gasteiger partial charge in [0.05, 0.1) is 0 Å². The van der Waals surface area contributed by atoms with Crippen LogP contribution in [0, 0.1) is 5.92 Å². The molecule has 2 aliphatic rings. The molecule has 1 N–H and O–H groups in total. The van der Waals surface area contributed by atoms with Crippen LogP contribution in [0.5, 0.6) is 0 Å². The van der Waals surface area contributed by atoms with Crippen molar-refractivity contribution in [1.29, 1.82) is 0 Å². The van der Waals surface area contributed by atoms with Gasteiger partial charge < -0.3 is 4.90 Å². The third-order valence-corrected chi connectivity index (χ3v) is 6.79. The zero-order valence-corrected chi connectivity index (χ0v) is 20.0. The predicted octanol–water partition coefficient (Wildman–Crippen LogP) is 5.83. The fraction of sp³-hybridized carbons (Fsp3) is 0.393. The summed E-state index contributed by atoms with van der Waals surface area (Å²) in [7, 11) is 0. The first-order valence-electron chi connectivity index (χ1n) is 12.4. The molecule has 6 nitrogen and oxygen atoms in total. The number of allylic oxidation sites excluding steroid dienone is 1. The molecule has 176 valence electrons. The maximum absolute atomic E-state index is 11.4. The van der Waals surface area contributed by atoms with Gasteiger partial charge in [0.2, 0.25) is 0 Å². The number of hydrogen-bond acceptors (Lipinski definition) is 5. The number of unbranched alkanes of at least 4 members (excludes halogenated alkanes) is 1. The normalized spacial score (nSPS) is 16.2. The molecule has 2 aromatic carbocycles. The van der Waals surface area contributed by atoms with Crippen LogP contribution in [0.3, 0.4) is 0 Å². The van der Waals surface area contributed by atoms with E-state index in [4.69, 9.17) is 9.52 Å². The van der Waals surface area contributed by atoms with Crippen LogP contribution in [0.1, 0.15) is 51.5 Å². The van der Waals surface area contributed by atoms with E-state index in [-0.39, 0.29) is 0 Å². The van der Waals surface area contributed by atoms with Crippen LogP contribution in [-0.4, -0.2) is 34.0 Å². The van der Waals surface area contributed by atoms with Gasteiger partial charge in [-0.25, -0.2) is 9.79 Å². The Morgan fingerprint density at radius 3 is 2.53 bits per heavy atom. The van der Waals surface area contributed by atoms with Gasteiger partial charge in [0, 0.05) is 24.4 Å². The van der Waals surface area contributed by atoms with Gasteiger partial charge in [0.15, 0.2) is 5.82 Å². The first kappa shape index (κ1) is 22.4. The highest BCUT2D eigenvalue weighted by Crippen LogP contribution is 2.33. The second-order valence-electron chi connectivity index (χ2n) is 9.50. The smallest absolute Gasteiger partial charge is 0.356 e. The van der Waals surface area contributed by atoms with Gasteiger partial charge in [-0.2, -0.15) is 0 Å².